The highest BCUT2D eigenvalue weighted by atomic mass is 32.2. The number of rotatable bonds is 7. The van der Waals surface area contributed by atoms with Crippen LogP contribution in [0.3, 0.4) is 0 Å². The van der Waals surface area contributed by atoms with E-state index in [1.165, 1.54) is 18.2 Å². The van der Waals surface area contributed by atoms with Gasteiger partial charge in [-0.25, -0.2) is 0 Å². The molecule has 2 aromatic heterocycles. The fraction of sp³-hybridized carbons (Fsp3) is 0.381. The van der Waals surface area contributed by atoms with Gasteiger partial charge in [0.25, 0.3) is 0 Å². The van der Waals surface area contributed by atoms with E-state index in [1.807, 2.05) is 47.0 Å². The average molecular weight is 412 g/mol. The van der Waals surface area contributed by atoms with Crippen molar-refractivity contribution >= 4 is 23.6 Å². The van der Waals surface area contributed by atoms with E-state index < -0.39 is 11.2 Å². The fourth-order valence-electron chi connectivity index (χ4n) is 3.69. The van der Waals surface area contributed by atoms with Gasteiger partial charge in [0.2, 0.25) is 11.9 Å². The molecule has 3 heterocycles. The molecule has 0 radical (unpaired) electrons. The van der Waals surface area contributed by atoms with Crippen molar-refractivity contribution in [2.45, 2.75) is 36.7 Å². The van der Waals surface area contributed by atoms with Gasteiger partial charge in [0.05, 0.1) is 12.8 Å². The van der Waals surface area contributed by atoms with Crippen LogP contribution in [-0.2, 0) is 11.3 Å². The second-order valence-electron chi connectivity index (χ2n) is 7.45. The molecule has 1 fully saturated rings. The normalized spacial score (nSPS) is 18.0. The Bertz CT molecular complexity index is 941. The lowest BCUT2D eigenvalue weighted by molar-refractivity contribution is -0.117. The Morgan fingerprint density at radius 1 is 1.28 bits per heavy atom. The van der Waals surface area contributed by atoms with Crippen LogP contribution < -0.4 is 10.6 Å². The third-order valence-electron chi connectivity index (χ3n) is 5.12. The molecule has 1 aliphatic rings. The van der Waals surface area contributed by atoms with Gasteiger partial charge in [-0.05, 0) is 36.5 Å². The number of hydrogen-bond acceptors (Lipinski definition) is 6. The highest BCUT2D eigenvalue weighted by molar-refractivity contribution is 8.00. The number of nitrogens with zero attached hydrogens (tertiary/aromatic N) is 4. The van der Waals surface area contributed by atoms with Crippen molar-refractivity contribution in [1.29, 1.82) is 0 Å². The smallest absolute Gasteiger partial charge is 0.235 e. The van der Waals surface area contributed by atoms with E-state index in [2.05, 4.69) is 22.0 Å². The van der Waals surface area contributed by atoms with Crippen molar-refractivity contribution in [2.75, 3.05) is 18.0 Å². The van der Waals surface area contributed by atoms with Crippen molar-refractivity contribution < 1.29 is 9.21 Å². The van der Waals surface area contributed by atoms with Crippen LogP contribution in [0.5, 0.6) is 0 Å². The maximum atomic E-state index is 12.2. The van der Waals surface area contributed by atoms with Gasteiger partial charge in [-0.15, -0.1) is 10.2 Å². The average Bonchev–Trinajstić information content (AvgIpc) is 3.37. The summed E-state index contributed by atoms with van der Waals surface area (Å²) in [5.74, 6) is 1.83. The zero-order valence-electron chi connectivity index (χ0n) is 16.4. The van der Waals surface area contributed by atoms with Gasteiger partial charge >= 0.3 is 0 Å². The van der Waals surface area contributed by atoms with Crippen LogP contribution in [0.25, 0.3) is 0 Å². The molecule has 1 saturated heterocycles. The third kappa shape index (κ3) is 4.48. The van der Waals surface area contributed by atoms with Gasteiger partial charge in [-0.3, -0.25) is 9.36 Å². The number of anilines is 1. The first-order chi connectivity index (χ1) is 14.1. The molecule has 2 N–H and O–H groups in total. The first-order valence-electron chi connectivity index (χ1n) is 9.83. The molecule has 1 aromatic carbocycles. The first kappa shape index (κ1) is 19.6. The number of piperidine rings is 1. The Labute approximate surface area is 174 Å². The number of nitrogens with two attached hydrogens (primary N) is 1. The molecule has 7 nitrogen and oxygen atoms in total. The number of carbonyl (C=O) groups excluding carboxylic acids is 1. The van der Waals surface area contributed by atoms with E-state index in [9.17, 15) is 4.79 Å². The molecule has 0 unspecified atom stereocenters. The van der Waals surface area contributed by atoms with Gasteiger partial charge in [-0.2, -0.15) is 0 Å². The van der Waals surface area contributed by atoms with E-state index in [0.29, 0.717) is 17.6 Å². The predicted octanol–water partition coefficient (Wildman–Crippen LogP) is 3.47. The number of aromatic nitrogens is 3. The van der Waals surface area contributed by atoms with Crippen LogP contribution in [0, 0.1) is 5.92 Å². The van der Waals surface area contributed by atoms with Gasteiger partial charge in [0, 0.05) is 13.1 Å². The maximum Gasteiger partial charge on any atom is 0.235 e. The van der Waals surface area contributed by atoms with Crippen molar-refractivity contribution in [2.24, 2.45) is 11.7 Å². The standard InChI is InChI=1S/C21H25N5O2S/c1-15-7-5-11-25(13-15)20-23-24-21(26(20)14-17-10-6-12-28-17)29-18(19(22)27)16-8-3-2-4-9-16/h2-4,6,8-10,12,15,18H,5,7,11,13-14H2,1H3,(H2,22,27)/t15-,18+/m1/s1. The van der Waals surface area contributed by atoms with Gasteiger partial charge in [-0.1, -0.05) is 49.0 Å². The summed E-state index contributed by atoms with van der Waals surface area (Å²) in [5.41, 5.74) is 6.58. The van der Waals surface area contributed by atoms with Crippen molar-refractivity contribution in [3.63, 3.8) is 0 Å². The zero-order valence-corrected chi connectivity index (χ0v) is 17.2. The van der Waals surface area contributed by atoms with Gasteiger partial charge in [0.15, 0.2) is 5.16 Å². The molecule has 0 spiro atoms. The highest BCUT2D eigenvalue weighted by Gasteiger charge is 2.27. The number of furan rings is 1. The van der Waals surface area contributed by atoms with Crippen molar-refractivity contribution in [3.8, 4) is 0 Å². The topological polar surface area (TPSA) is 90.2 Å². The second kappa shape index (κ2) is 8.73. The number of primary amides is 1. The predicted molar refractivity (Wildman–Crippen MR) is 113 cm³/mol. The number of amides is 1. The second-order valence-corrected chi connectivity index (χ2v) is 8.52. The summed E-state index contributed by atoms with van der Waals surface area (Å²) in [5, 5.41) is 9.03. The molecule has 152 valence electrons. The zero-order chi connectivity index (χ0) is 20.2. The summed E-state index contributed by atoms with van der Waals surface area (Å²) in [4.78, 5) is 14.5. The van der Waals surface area contributed by atoms with Crippen molar-refractivity contribution in [1.82, 2.24) is 14.8 Å². The molecule has 4 rings (SSSR count). The minimum absolute atomic E-state index is 0.401. The monoisotopic (exact) mass is 411 g/mol. The minimum atomic E-state index is -0.538. The van der Waals surface area contributed by atoms with Crippen molar-refractivity contribution in [3.05, 3.63) is 60.1 Å². The van der Waals surface area contributed by atoms with E-state index in [1.54, 1.807) is 6.26 Å². The largest absolute Gasteiger partial charge is 0.467 e. The molecule has 0 aliphatic carbocycles. The van der Waals surface area contributed by atoms with Crippen LogP contribution in [0.2, 0.25) is 0 Å². The Kier molecular flexibility index (Phi) is 5.89. The molecular formula is C21H25N5O2S. The molecule has 29 heavy (non-hydrogen) atoms. The SMILES string of the molecule is C[C@@H]1CCCN(c2nnc(S[C@H](C(N)=O)c3ccccc3)n2Cc2ccco2)C1. The van der Waals surface area contributed by atoms with Crippen LogP contribution in [-0.4, -0.2) is 33.8 Å². The third-order valence-corrected chi connectivity index (χ3v) is 6.37. The van der Waals surface area contributed by atoms with E-state index in [-0.39, 0.29) is 0 Å². The molecule has 0 bridgehead atoms. The number of hydrogen-bond donors (Lipinski definition) is 1. The summed E-state index contributed by atoms with van der Waals surface area (Å²) in [6, 6.07) is 13.3. The molecule has 8 heteroatoms. The number of thioether (sulfide) groups is 1. The molecule has 1 aliphatic heterocycles. The number of benzene rings is 1. The van der Waals surface area contributed by atoms with Gasteiger partial charge < -0.3 is 15.1 Å². The van der Waals surface area contributed by atoms with Crippen LogP contribution in [0.4, 0.5) is 5.95 Å². The summed E-state index contributed by atoms with van der Waals surface area (Å²) in [6.45, 7) is 4.65. The van der Waals surface area contributed by atoms with E-state index in [0.717, 1.165) is 36.8 Å². The fourth-order valence-corrected chi connectivity index (χ4v) is 4.68. The summed E-state index contributed by atoms with van der Waals surface area (Å²) >= 11 is 1.33. The molecule has 1 amide bonds. The van der Waals surface area contributed by atoms with Crippen LogP contribution in [0.1, 0.15) is 36.3 Å². The molecular weight excluding hydrogens is 386 g/mol. The Morgan fingerprint density at radius 3 is 2.79 bits per heavy atom. The summed E-state index contributed by atoms with van der Waals surface area (Å²) in [6.07, 6.45) is 4.01. The van der Waals surface area contributed by atoms with E-state index in [4.69, 9.17) is 10.2 Å². The molecule has 2 atom stereocenters. The lowest BCUT2D eigenvalue weighted by Crippen LogP contribution is -2.36. The molecule has 0 saturated carbocycles. The van der Waals surface area contributed by atoms with Crippen LogP contribution in [0.15, 0.2) is 58.3 Å². The highest BCUT2D eigenvalue weighted by Crippen LogP contribution is 2.36. The van der Waals surface area contributed by atoms with Crippen LogP contribution >= 0.6 is 11.8 Å². The molecule has 3 aromatic rings. The number of carbonyl (C=O) groups is 1. The summed E-state index contributed by atoms with van der Waals surface area (Å²) in [7, 11) is 0. The minimum Gasteiger partial charge on any atom is -0.467 e. The Balaban J connectivity index is 1.67. The first-order valence-corrected chi connectivity index (χ1v) is 10.7. The lowest BCUT2D eigenvalue weighted by atomic mass is 10.0. The quantitative estimate of drug-likeness (QED) is 0.599. The summed E-state index contributed by atoms with van der Waals surface area (Å²) < 4.78 is 7.59. The van der Waals surface area contributed by atoms with Gasteiger partial charge in [0.1, 0.15) is 11.0 Å². The maximum absolute atomic E-state index is 12.2. The van der Waals surface area contributed by atoms with E-state index >= 15 is 0 Å². The lowest BCUT2D eigenvalue weighted by Gasteiger charge is -2.31. The Morgan fingerprint density at radius 2 is 2.10 bits per heavy atom. The Hall–Kier alpha value is -2.74.